The largest absolute Gasteiger partial charge is 0.476 e. The van der Waals surface area contributed by atoms with E-state index < -0.39 is 21.1 Å². The maximum atomic E-state index is 11.0. The van der Waals surface area contributed by atoms with E-state index in [9.17, 15) is 20.9 Å². The normalized spacial score (nSPS) is 14.6. The Bertz CT molecular complexity index is 202. The second-order valence-corrected chi connectivity index (χ2v) is 3.86. The van der Waals surface area contributed by atoms with Crippen molar-refractivity contribution in [3.05, 3.63) is 0 Å². The molecule has 0 amide bonds. The van der Waals surface area contributed by atoms with Gasteiger partial charge in [0.25, 0.3) is 0 Å². The van der Waals surface area contributed by atoms with Crippen LogP contribution in [0.5, 0.6) is 0 Å². The van der Waals surface area contributed by atoms with Crippen LogP contribution in [0, 0.1) is 0 Å². The van der Waals surface area contributed by atoms with Gasteiger partial charge in [-0.05, 0) is 0 Å². The SMILES string of the molecule is FC(F)(F)C(Cl)Br.O=S(=O)(F)F. The highest BCUT2D eigenvalue weighted by atomic mass is 79.9. The number of rotatable bonds is 0. The van der Waals surface area contributed by atoms with Gasteiger partial charge in [-0.1, -0.05) is 23.7 Å². The summed E-state index contributed by atoms with van der Waals surface area (Å²) in [6.45, 7) is 0. The Morgan fingerprint density at radius 3 is 1.33 bits per heavy atom. The maximum absolute atomic E-state index is 11.0. The van der Waals surface area contributed by atoms with Gasteiger partial charge in [-0.15, -0.1) is 11.6 Å². The molecule has 0 radical (unpaired) electrons. The van der Waals surface area contributed by atoms with Crippen molar-refractivity contribution in [2.45, 2.75) is 10.5 Å². The van der Waals surface area contributed by atoms with Crippen molar-refractivity contribution in [3.8, 4) is 0 Å². The van der Waals surface area contributed by atoms with Gasteiger partial charge >= 0.3 is 16.8 Å². The summed E-state index contributed by atoms with van der Waals surface area (Å²) in [7, 11) is -5.67. The Balaban J connectivity index is 0. The Morgan fingerprint density at radius 1 is 1.25 bits per heavy atom. The first-order valence-corrected chi connectivity index (χ1v) is 4.57. The second-order valence-electron chi connectivity index (χ2n) is 1.22. The van der Waals surface area contributed by atoms with Gasteiger partial charge in [0, 0.05) is 0 Å². The zero-order valence-electron chi connectivity index (χ0n) is 4.95. The first-order valence-electron chi connectivity index (χ1n) is 1.93. The van der Waals surface area contributed by atoms with Crippen molar-refractivity contribution in [2.75, 3.05) is 0 Å². The molecule has 12 heavy (non-hydrogen) atoms. The third kappa shape index (κ3) is 22.4. The number of alkyl halides is 5. The van der Waals surface area contributed by atoms with Gasteiger partial charge in [-0.3, -0.25) is 0 Å². The van der Waals surface area contributed by atoms with E-state index in [1.165, 1.54) is 0 Å². The first-order chi connectivity index (χ1) is 4.94. The summed E-state index contributed by atoms with van der Waals surface area (Å²) >= 11 is 6.68. The molecule has 0 aliphatic heterocycles. The minimum absolute atomic E-state index is 1.92. The van der Waals surface area contributed by atoms with Crippen LogP contribution in [0.4, 0.5) is 20.9 Å². The highest BCUT2D eigenvalue weighted by Crippen LogP contribution is 2.28. The van der Waals surface area contributed by atoms with E-state index in [0.717, 1.165) is 0 Å². The lowest BCUT2D eigenvalue weighted by Gasteiger charge is -2.03. The van der Waals surface area contributed by atoms with E-state index >= 15 is 0 Å². The van der Waals surface area contributed by atoms with E-state index in [4.69, 9.17) is 8.42 Å². The summed E-state index contributed by atoms with van der Waals surface area (Å²) in [5.41, 5.74) is 0. The molecule has 0 saturated heterocycles. The molecule has 0 bridgehead atoms. The van der Waals surface area contributed by atoms with Crippen molar-refractivity contribution in [1.82, 2.24) is 0 Å². The van der Waals surface area contributed by atoms with Gasteiger partial charge in [0.2, 0.25) is 0 Å². The lowest BCUT2D eigenvalue weighted by atomic mass is 10.8. The van der Waals surface area contributed by atoms with Crippen LogP contribution in [0.1, 0.15) is 0 Å². The van der Waals surface area contributed by atoms with E-state index in [1.54, 1.807) is 0 Å². The van der Waals surface area contributed by atoms with Crippen molar-refractivity contribution in [1.29, 1.82) is 0 Å². The van der Waals surface area contributed by atoms with Crippen molar-refractivity contribution in [2.24, 2.45) is 0 Å². The molecule has 76 valence electrons. The quantitative estimate of drug-likeness (QED) is 0.391. The molecule has 0 spiro atoms. The Morgan fingerprint density at radius 2 is 1.33 bits per heavy atom. The fourth-order valence-electron chi connectivity index (χ4n) is 0. The van der Waals surface area contributed by atoms with Crippen LogP contribution >= 0.6 is 27.5 Å². The molecule has 0 saturated carbocycles. The molecule has 0 N–H and O–H groups in total. The summed E-state index contributed by atoms with van der Waals surface area (Å²) in [4.78, 5) is 0. The minimum atomic E-state index is -5.67. The van der Waals surface area contributed by atoms with Gasteiger partial charge in [0.1, 0.15) is 0 Å². The number of hydrogen-bond acceptors (Lipinski definition) is 2. The monoisotopic (exact) mass is 298 g/mol. The average molecular weight is 299 g/mol. The highest BCUT2D eigenvalue weighted by Gasteiger charge is 2.35. The fourth-order valence-corrected chi connectivity index (χ4v) is 0. The third-order valence-corrected chi connectivity index (χ3v) is 1.01. The van der Waals surface area contributed by atoms with Crippen molar-refractivity contribution >= 4 is 38.1 Å². The molecule has 0 aliphatic carbocycles. The van der Waals surface area contributed by atoms with Gasteiger partial charge in [-0.2, -0.15) is 21.6 Å². The predicted molar refractivity (Wildman–Crippen MR) is 35.8 cm³/mol. The third-order valence-electron chi connectivity index (χ3n) is 0.247. The van der Waals surface area contributed by atoms with Crippen molar-refractivity contribution < 1.29 is 29.4 Å². The van der Waals surface area contributed by atoms with E-state index in [2.05, 4.69) is 27.5 Å². The summed E-state index contributed by atoms with van der Waals surface area (Å²) in [6.07, 6.45) is -4.32. The molecule has 1 unspecified atom stereocenters. The molecule has 0 aromatic rings. The van der Waals surface area contributed by atoms with Crippen molar-refractivity contribution in [3.63, 3.8) is 0 Å². The number of halogens is 7. The lowest BCUT2D eigenvalue weighted by Crippen LogP contribution is -2.16. The molecular weight excluding hydrogens is 298 g/mol. The fraction of sp³-hybridized carbons (Fsp3) is 1.00. The molecule has 0 heterocycles. The molecule has 10 heteroatoms. The van der Waals surface area contributed by atoms with Gasteiger partial charge in [-0.25, -0.2) is 0 Å². The van der Waals surface area contributed by atoms with Crippen LogP contribution in [-0.2, 0) is 10.6 Å². The maximum Gasteiger partial charge on any atom is 0.476 e. The zero-order valence-corrected chi connectivity index (χ0v) is 8.11. The molecule has 2 nitrogen and oxygen atoms in total. The smallest absolute Gasteiger partial charge is 0.168 e. The minimum Gasteiger partial charge on any atom is -0.168 e. The van der Waals surface area contributed by atoms with Crippen LogP contribution in [0.3, 0.4) is 0 Å². The summed E-state index contributed by atoms with van der Waals surface area (Å²) in [6, 6.07) is 0. The molecule has 0 aromatic carbocycles. The summed E-state index contributed by atoms with van der Waals surface area (Å²) < 4.78 is 67.7. The van der Waals surface area contributed by atoms with E-state index in [0.29, 0.717) is 0 Å². The van der Waals surface area contributed by atoms with Crippen LogP contribution in [-0.4, -0.2) is 18.9 Å². The molecule has 1 atom stereocenters. The number of hydrogen-bond donors (Lipinski definition) is 0. The predicted octanol–water partition coefficient (Wildman–Crippen LogP) is 2.68. The molecule has 0 aliphatic rings. The van der Waals surface area contributed by atoms with Gasteiger partial charge in [0.05, 0.1) is 0 Å². The summed E-state index contributed by atoms with van der Waals surface area (Å²) in [5, 5.41) is 0. The average Bonchev–Trinajstić information content (AvgIpc) is 1.55. The first kappa shape index (κ1) is 14.9. The molecular formula is C2HBrClF5O2S. The van der Waals surface area contributed by atoms with Crippen LogP contribution in [0.2, 0.25) is 0 Å². The molecule has 0 fully saturated rings. The highest BCUT2D eigenvalue weighted by molar-refractivity contribution is 9.10. The van der Waals surface area contributed by atoms with E-state index in [-0.39, 0.29) is 0 Å². The zero-order chi connectivity index (χ0) is 10.6. The van der Waals surface area contributed by atoms with Gasteiger partial charge in [0.15, 0.2) is 4.29 Å². The van der Waals surface area contributed by atoms with E-state index in [1.807, 2.05) is 0 Å². The Hall–Kier alpha value is 0.370. The van der Waals surface area contributed by atoms with Crippen LogP contribution < -0.4 is 0 Å². The van der Waals surface area contributed by atoms with Gasteiger partial charge < -0.3 is 0 Å². The standard InChI is InChI=1S/C2HBrClF3.F2O2S/c3-1(4)2(5,6)7;1-5(2,3)4/h1H;. The lowest BCUT2D eigenvalue weighted by molar-refractivity contribution is -0.112. The second kappa shape index (κ2) is 5.18. The molecule has 0 rings (SSSR count). The van der Waals surface area contributed by atoms with Crippen LogP contribution in [0.25, 0.3) is 0 Å². The topological polar surface area (TPSA) is 34.1 Å². The van der Waals surface area contributed by atoms with Crippen LogP contribution in [0.15, 0.2) is 0 Å². The summed E-state index contributed by atoms with van der Waals surface area (Å²) in [5.74, 6) is 0. The Kier molecular flexibility index (Phi) is 6.41. The molecule has 0 aromatic heterocycles. The Labute approximate surface area is 78.3 Å².